The lowest BCUT2D eigenvalue weighted by Crippen LogP contribution is -2.52. The van der Waals surface area contributed by atoms with E-state index in [9.17, 15) is 25.2 Å². The average molecular weight is 657 g/mol. The quantitative estimate of drug-likeness (QED) is 0.148. The summed E-state index contributed by atoms with van der Waals surface area (Å²) in [5.41, 5.74) is 6.19. The summed E-state index contributed by atoms with van der Waals surface area (Å²) in [5.74, 6) is -0.811. The summed E-state index contributed by atoms with van der Waals surface area (Å²) in [6.07, 6.45) is 6.80. The molecule has 6 rings (SSSR count). The molecule has 3 aliphatic heterocycles. The molecule has 1 saturated carbocycles. The van der Waals surface area contributed by atoms with Gasteiger partial charge in [-0.1, -0.05) is 18.1 Å². The van der Waals surface area contributed by atoms with Crippen molar-refractivity contribution in [1.82, 2.24) is 24.4 Å². The van der Waals surface area contributed by atoms with E-state index in [4.69, 9.17) is 0 Å². The summed E-state index contributed by atoms with van der Waals surface area (Å²) in [5, 5.41) is 48.5. The van der Waals surface area contributed by atoms with Gasteiger partial charge in [0.05, 0.1) is 30.5 Å². The minimum Gasteiger partial charge on any atom is -0.396 e. The Labute approximate surface area is 273 Å². The minimum atomic E-state index is -3.93. The number of nitrogens with zero attached hydrogens (tertiary/aromatic N) is 6. The van der Waals surface area contributed by atoms with E-state index >= 15 is 8.63 Å². The number of likely N-dealkylation sites (tertiary alicyclic amines) is 1. The minimum absolute atomic E-state index is 0.151. The molecule has 0 unspecified atom stereocenters. The van der Waals surface area contributed by atoms with Crippen LogP contribution in [0.2, 0.25) is 0 Å². The van der Waals surface area contributed by atoms with Crippen LogP contribution in [0.3, 0.4) is 0 Å². The Morgan fingerprint density at radius 3 is 2.43 bits per heavy atom. The number of hydrogen-bond acceptors (Lipinski definition) is 7. The Morgan fingerprint density at radius 1 is 0.957 bits per heavy atom. The van der Waals surface area contributed by atoms with Crippen LogP contribution in [0.1, 0.15) is 87.9 Å². The smallest absolute Gasteiger partial charge is 0.396 e. The molecule has 0 aromatic carbocycles. The van der Waals surface area contributed by atoms with Crippen LogP contribution in [0.5, 0.6) is 0 Å². The van der Waals surface area contributed by atoms with Gasteiger partial charge in [0.25, 0.3) is 0 Å². The number of fused-ring (bicyclic) bond motifs is 3. The molecule has 2 aromatic heterocycles. The molecule has 0 bridgehead atoms. The fourth-order valence-electron chi connectivity index (χ4n) is 8.37. The second-order valence-corrected chi connectivity index (χ2v) is 13.9. The lowest BCUT2D eigenvalue weighted by atomic mass is 9.83. The molecule has 1 saturated heterocycles. The highest BCUT2D eigenvalue weighted by Crippen LogP contribution is 2.45. The third-order valence-corrected chi connectivity index (χ3v) is 10.6. The van der Waals surface area contributed by atoms with E-state index in [1.165, 1.54) is 13.9 Å². The number of amides is 1. The first-order chi connectivity index (χ1) is 22.4. The number of aromatic nitrogens is 4. The molecule has 1 amide bonds. The number of allylic oxidation sites excluding steroid dienone is 3. The van der Waals surface area contributed by atoms with Gasteiger partial charge in [0.2, 0.25) is 5.91 Å². The van der Waals surface area contributed by atoms with Crippen molar-refractivity contribution in [1.29, 1.82) is 0 Å². The Balaban J connectivity index is 0.929. The monoisotopic (exact) mass is 656 g/mol. The van der Waals surface area contributed by atoms with Crippen LogP contribution in [0.15, 0.2) is 29.6 Å². The van der Waals surface area contributed by atoms with Crippen molar-refractivity contribution < 1.29 is 38.3 Å². The zero-order chi connectivity index (χ0) is 33.8. The number of unbranched alkanes of at least 4 members (excludes halogenated alkanes) is 4. The molecular formula is C33H47BF2N6O5. The lowest BCUT2D eigenvalue weighted by molar-refractivity contribution is -0.363. The highest BCUT2D eigenvalue weighted by molar-refractivity contribution is 6.58. The predicted molar refractivity (Wildman–Crippen MR) is 173 cm³/mol. The van der Waals surface area contributed by atoms with E-state index in [2.05, 4.69) is 10.3 Å². The second-order valence-electron chi connectivity index (χ2n) is 13.9. The highest BCUT2D eigenvalue weighted by atomic mass is 19.2. The van der Waals surface area contributed by atoms with E-state index in [-0.39, 0.29) is 18.9 Å². The molecule has 2 aromatic rings. The van der Waals surface area contributed by atoms with Gasteiger partial charge >= 0.3 is 6.97 Å². The zero-order valence-electron chi connectivity index (χ0n) is 27.7. The molecule has 0 radical (unpaired) electrons. The van der Waals surface area contributed by atoms with Crippen LogP contribution in [0.25, 0.3) is 5.57 Å². The van der Waals surface area contributed by atoms with Crippen LogP contribution >= 0.6 is 0 Å². The van der Waals surface area contributed by atoms with Gasteiger partial charge < -0.3 is 42.9 Å². The van der Waals surface area contributed by atoms with Gasteiger partial charge in [-0.2, -0.15) is 0 Å². The topological polar surface area (TPSA) is 140 Å². The fraction of sp³-hybridized carbons (Fsp3) is 0.636. The van der Waals surface area contributed by atoms with Gasteiger partial charge in [-0.3, -0.25) is 9.48 Å². The molecule has 4 aliphatic rings. The van der Waals surface area contributed by atoms with Crippen LogP contribution in [0, 0.1) is 19.8 Å². The van der Waals surface area contributed by atoms with Gasteiger partial charge in [0, 0.05) is 54.9 Å². The summed E-state index contributed by atoms with van der Waals surface area (Å²) in [4.78, 5) is 14.3. The maximum atomic E-state index is 15.7. The Morgan fingerprint density at radius 2 is 1.68 bits per heavy atom. The molecule has 256 valence electrons. The Hall–Kier alpha value is -3.20. The SMILES string of the molecule is CC1=CC(C)=[N+]2C1=C(CCCCCCn1cc(CCCCC(=O)N3[C@@H]4[C@H](CO)[C@@H](O)[C@H](O)[C@@H](O)[C@@H]43)nn1)c1c(C)cc(C)n1[B-]2(F)F. The third-order valence-electron chi connectivity index (χ3n) is 10.6. The number of carbonyl (C=O) groups is 1. The maximum absolute atomic E-state index is 15.7. The molecule has 4 N–H and O–H groups in total. The molecule has 14 heteroatoms. The van der Waals surface area contributed by atoms with Crippen LogP contribution in [-0.2, 0) is 17.8 Å². The first kappa shape index (κ1) is 33.7. The number of hydrogen-bond donors (Lipinski definition) is 4. The second kappa shape index (κ2) is 13.0. The summed E-state index contributed by atoms with van der Waals surface area (Å²) in [7, 11) is 0. The Bertz CT molecular complexity index is 1630. The fourth-order valence-corrected chi connectivity index (χ4v) is 8.37. The van der Waals surface area contributed by atoms with E-state index < -0.39 is 43.3 Å². The Kier molecular flexibility index (Phi) is 9.33. The lowest BCUT2D eigenvalue weighted by Gasteiger charge is -2.34. The molecule has 5 heterocycles. The average Bonchev–Trinajstić information content (AvgIpc) is 3.24. The van der Waals surface area contributed by atoms with Crippen molar-refractivity contribution in [2.45, 2.75) is 122 Å². The van der Waals surface area contributed by atoms with Gasteiger partial charge in [0.15, 0.2) is 5.70 Å². The van der Waals surface area contributed by atoms with E-state index in [1.54, 1.807) is 13.8 Å². The van der Waals surface area contributed by atoms with Crippen LogP contribution < -0.4 is 0 Å². The molecule has 2 fully saturated rings. The van der Waals surface area contributed by atoms with Crippen molar-refractivity contribution in [2.24, 2.45) is 5.92 Å². The van der Waals surface area contributed by atoms with Crippen molar-refractivity contribution in [3.05, 3.63) is 52.3 Å². The first-order valence-electron chi connectivity index (χ1n) is 17.0. The molecule has 6 atom stereocenters. The zero-order valence-corrected chi connectivity index (χ0v) is 27.7. The molecule has 11 nitrogen and oxygen atoms in total. The van der Waals surface area contributed by atoms with Crippen LogP contribution in [0.4, 0.5) is 8.63 Å². The van der Waals surface area contributed by atoms with E-state index in [1.807, 2.05) is 36.9 Å². The summed E-state index contributed by atoms with van der Waals surface area (Å²) >= 11 is 0. The van der Waals surface area contributed by atoms with Gasteiger partial charge in [-0.25, -0.2) is 0 Å². The van der Waals surface area contributed by atoms with Crippen LogP contribution in [-0.4, -0.2) is 105 Å². The number of aliphatic hydroxyl groups excluding tert-OH is 4. The first-order valence-corrected chi connectivity index (χ1v) is 17.0. The normalized spacial score (nSPS) is 27.6. The number of aliphatic hydroxyl groups is 4. The van der Waals surface area contributed by atoms with Gasteiger partial charge in [-0.15, -0.1) is 5.10 Å². The third kappa shape index (κ3) is 5.91. The van der Waals surface area contributed by atoms with Crippen molar-refractivity contribution in [2.75, 3.05) is 6.61 Å². The van der Waals surface area contributed by atoms with Crippen molar-refractivity contribution in [3.63, 3.8) is 0 Å². The molecule has 1 aliphatic carbocycles. The summed E-state index contributed by atoms with van der Waals surface area (Å²) in [6, 6.07) is 0.867. The van der Waals surface area contributed by atoms with Crippen molar-refractivity contribution >= 4 is 24.2 Å². The standard InChI is InChI=1S/C33H47BF2N6O5/c1-19-15-21(3)41-27(19)24(28-20(2)16-22(4)42(28)34(41,35)36)12-7-5-6-10-14-39-17-23(37-38-39)11-8-9-13-26(44)40-29-25(18-43)31(45)33(47)32(46)30(29)40/h15-17,25,29-33,43,45-47H,5-14,18H2,1-4H3/t25-,29+,30+,31+,32-,33-,40?/m0/s1. The van der Waals surface area contributed by atoms with Gasteiger partial charge in [0.1, 0.15) is 17.9 Å². The maximum Gasteiger partial charge on any atom is 0.737 e. The molecule has 47 heavy (non-hydrogen) atoms. The predicted octanol–water partition coefficient (Wildman–Crippen LogP) is 2.72. The number of halogens is 2. The highest BCUT2D eigenvalue weighted by Gasteiger charge is 2.65. The van der Waals surface area contributed by atoms with E-state index in [0.29, 0.717) is 35.6 Å². The van der Waals surface area contributed by atoms with Crippen molar-refractivity contribution in [3.8, 4) is 0 Å². The summed E-state index contributed by atoms with van der Waals surface area (Å²) < 4.78 is 35.8. The number of aryl methyl sites for hydroxylation is 4. The largest absolute Gasteiger partial charge is 0.737 e. The molecule has 0 spiro atoms. The number of rotatable bonds is 13. The van der Waals surface area contributed by atoms with E-state index in [0.717, 1.165) is 67.5 Å². The van der Waals surface area contributed by atoms with Gasteiger partial charge in [-0.05, 0) is 76.6 Å². The number of carbonyl (C=O) groups excluding carboxylic acids is 1. The summed E-state index contributed by atoms with van der Waals surface area (Å²) in [6.45, 7) is 3.81. The molecular weight excluding hydrogens is 609 g/mol.